The van der Waals surface area contributed by atoms with Crippen LogP contribution >= 0.6 is 0 Å². The third-order valence-electron chi connectivity index (χ3n) is 4.51. The number of carbonyl (C=O) groups is 1. The minimum absolute atomic E-state index is 0.00774. The van der Waals surface area contributed by atoms with Gasteiger partial charge in [0.25, 0.3) is 5.91 Å². The maximum atomic E-state index is 13.3. The summed E-state index contributed by atoms with van der Waals surface area (Å²) in [6, 6.07) is 11.7. The highest BCUT2D eigenvalue weighted by molar-refractivity contribution is 7.86. The first-order valence-corrected chi connectivity index (χ1v) is 11.0. The molecule has 0 spiro atoms. The standard InChI is InChI=1S/C21H27NO6S/c1-6-15(2)22(14-16-7-9-18(10-8-16)28-29(5,24)25)21(23)17-11-19(26-3)13-20(12-17)27-4/h7-13,15H,6,14H2,1-5H3/t15-/m1/s1. The van der Waals surface area contributed by atoms with Crippen LogP contribution in [0.3, 0.4) is 0 Å². The predicted octanol–water partition coefficient (Wildman–Crippen LogP) is 3.48. The van der Waals surface area contributed by atoms with Gasteiger partial charge < -0.3 is 18.6 Å². The molecule has 1 amide bonds. The lowest BCUT2D eigenvalue weighted by Gasteiger charge is -2.29. The molecular formula is C21H27NO6S. The van der Waals surface area contributed by atoms with E-state index in [-0.39, 0.29) is 17.7 Å². The SMILES string of the molecule is CC[C@@H](C)N(Cc1ccc(OS(C)(=O)=O)cc1)C(=O)c1cc(OC)cc(OC)c1. The topological polar surface area (TPSA) is 82.1 Å². The van der Waals surface area contributed by atoms with Gasteiger partial charge in [-0.2, -0.15) is 8.42 Å². The number of hydrogen-bond acceptors (Lipinski definition) is 6. The van der Waals surface area contributed by atoms with Crippen molar-refractivity contribution >= 4 is 16.0 Å². The van der Waals surface area contributed by atoms with Crippen molar-refractivity contribution in [3.8, 4) is 17.2 Å². The zero-order chi connectivity index (χ0) is 21.6. The van der Waals surface area contributed by atoms with Crippen molar-refractivity contribution in [3.05, 3.63) is 53.6 Å². The molecule has 0 aromatic heterocycles. The molecule has 2 rings (SSSR count). The Morgan fingerprint density at radius 2 is 1.55 bits per heavy atom. The van der Waals surface area contributed by atoms with Crippen LogP contribution in [0.25, 0.3) is 0 Å². The largest absolute Gasteiger partial charge is 0.497 e. The van der Waals surface area contributed by atoms with Gasteiger partial charge in [-0.15, -0.1) is 0 Å². The fourth-order valence-electron chi connectivity index (χ4n) is 2.77. The molecule has 0 aliphatic carbocycles. The van der Waals surface area contributed by atoms with Crippen LogP contribution in [0.1, 0.15) is 36.2 Å². The highest BCUT2D eigenvalue weighted by Gasteiger charge is 2.22. The van der Waals surface area contributed by atoms with Crippen LogP contribution in [0.2, 0.25) is 0 Å². The summed E-state index contributed by atoms with van der Waals surface area (Å²) in [6.45, 7) is 4.36. The fraction of sp³-hybridized carbons (Fsp3) is 0.381. The Bertz CT molecular complexity index is 918. The van der Waals surface area contributed by atoms with E-state index in [9.17, 15) is 13.2 Å². The van der Waals surface area contributed by atoms with E-state index in [4.69, 9.17) is 13.7 Å². The first kappa shape index (κ1) is 22.5. The van der Waals surface area contributed by atoms with E-state index < -0.39 is 10.1 Å². The van der Waals surface area contributed by atoms with Crippen molar-refractivity contribution in [1.29, 1.82) is 0 Å². The third kappa shape index (κ3) is 6.39. The number of hydrogen-bond donors (Lipinski definition) is 0. The molecule has 29 heavy (non-hydrogen) atoms. The van der Waals surface area contributed by atoms with Gasteiger partial charge in [-0.3, -0.25) is 4.79 Å². The summed E-state index contributed by atoms with van der Waals surface area (Å²) >= 11 is 0. The second kappa shape index (κ2) is 9.65. The number of benzene rings is 2. The quantitative estimate of drug-likeness (QED) is 0.577. The van der Waals surface area contributed by atoms with Crippen molar-refractivity contribution in [2.45, 2.75) is 32.9 Å². The second-order valence-corrected chi connectivity index (χ2v) is 8.30. The molecule has 158 valence electrons. The average Bonchev–Trinajstić information content (AvgIpc) is 2.70. The first-order valence-electron chi connectivity index (χ1n) is 9.19. The van der Waals surface area contributed by atoms with E-state index in [1.54, 1.807) is 47.4 Å². The molecule has 0 saturated carbocycles. The second-order valence-electron chi connectivity index (χ2n) is 6.72. The summed E-state index contributed by atoms with van der Waals surface area (Å²) in [5.74, 6) is 1.17. The van der Waals surface area contributed by atoms with Gasteiger partial charge >= 0.3 is 10.1 Å². The van der Waals surface area contributed by atoms with Gasteiger partial charge in [0, 0.05) is 24.2 Å². The number of methoxy groups -OCH3 is 2. The molecule has 7 nitrogen and oxygen atoms in total. The van der Waals surface area contributed by atoms with Gasteiger partial charge in [0.1, 0.15) is 17.2 Å². The highest BCUT2D eigenvalue weighted by Crippen LogP contribution is 2.25. The summed E-state index contributed by atoms with van der Waals surface area (Å²) < 4.78 is 37.9. The predicted molar refractivity (Wildman–Crippen MR) is 111 cm³/mol. The van der Waals surface area contributed by atoms with Crippen LogP contribution in [0.4, 0.5) is 0 Å². The number of amides is 1. The van der Waals surface area contributed by atoms with Crippen molar-refractivity contribution in [2.24, 2.45) is 0 Å². The molecule has 0 bridgehead atoms. The van der Waals surface area contributed by atoms with Crippen molar-refractivity contribution in [2.75, 3.05) is 20.5 Å². The maximum Gasteiger partial charge on any atom is 0.306 e. The molecule has 0 heterocycles. The number of nitrogens with zero attached hydrogens (tertiary/aromatic N) is 1. The van der Waals surface area contributed by atoms with Crippen molar-refractivity contribution in [3.63, 3.8) is 0 Å². The zero-order valence-electron chi connectivity index (χ0n) is 17.3. The molecule has 0 radical (unpaired) electrons. The highest BCUT2D eigenvalue weighted by atomic mass is 32.2. The molecule has 0 fully saturated rings. The number of rotatable bonds is 9. The molecule has 2 aromatic carbocycles. The summed E-state index contributed by atoms with van der Waals surface area (Å²) in [5.41, 5.74) is 1.33. The first-order chi connectivity index (χ1) is 13.7. The van der Waals surface area contributed by atoms with Crippen molar-refractivity contribution < 1.29 is 26.9 Å². The van der Waals surface area contributed by atoms with Gasteiger partial charge in [0.05, 0.1) is 20.5 Å². The molecule has 8 heteroatoms. The summed E-state index contributed by atoms with van der Waals surface area (Å²) in [6.07, 6.45) is 1.77. The maximum absolute atomic E-state index is 13.3. The van der Waals surface area contributed by atoms with Gasteiger partial charge in [-0.25, -0.2) is 0 Å². The van der Waals surface area contributed by atoms with Crippen LogP contribution < -0.4 is 13.7 Å². The Hall–Kier alpha value is -2.74. The van der Waals surface area contributed by atoms with E-state index >= 15 is 0 Å². The Labute approximate surface area is 172 Å². The molecule has 0 N–H and O–H groups in total. The molecule has 0 aliphatic heterocycles. The average molecular weight is 422 g/mol. The zero-order valence-corrected chi connectivity index (χ0v) is 18.2. The van der Waals surface area contributed by atoms with E-state index in [0.717, 1.165) is 18.2 Å². The van der Waals surface area contributed by atoms with Crippen LogP contribution in [-0.2, 0) is 16.7 Å². The van der Waals surface area contributed by atoms with Crippen molar-refractivity contribution in [1.82, 2.24) is 4.90 Å². The Morgan fingerprint density at radius 3 is 2.00 bits per heavy atom. The smallest absolute Gasteiger partial charge is 0.306 e. The number of ether oxygens (including phenoxy) is 2. The molecule has 0 saturated heterocycles. The minimum Gasteiger partial charge on any atom is -0.497 e. The Kier molecular flexibility index (Phi) is 7.50. The third-order valence-corrected chi connectivity index (χ3v) is 5.00. The summed E-state index contributed by atoms with van der Waals surface area (Å²) in [5, 5.41) is 0. The minimum atomic E-state index is -3.58. The molecule has 0 aliphatic rings. The van der Waals surface area contributed by atoms with Gasteiger partial charge in [0.15, 0.2) is 0 Å². The van der Waals surface area contributed by atoms with E-state index in [0.29, 0.717) is 23.6 Å². The van der Waals surface area contributed by atoms with Gasteiger partial charge in [-0.1, -0.05) is 19.1 Å². The Balaban J connectivity index is 2.29. The van der Waals surface area contributed by atoms with E-state index in [1.807, 2.05) is 13.8 Å². The van der Waals surface area contributed by atoms with E-state index in [2.05, 4.69) is 0 Å². The molecule has 2 aromatic rings. The fourth-order valence-corrected chi connectivity index (χ4v) is 3.23. The summed E-state index contributed by atoms with van der Waals surface area (Å²) in [7, 11) is -0.507. The normalized spacial score (nSPS) is 12.2. The van der Waals surface area contributed by atoms with Crippen LogP contribution in [0.15, 0.2) is 42.5 Å². The molecule has 1 atom stereocenters. The van der Waals surface area contributed by atoms with Crippen LogP contribution in [-0.4, -0.2) is 45.7 Å². The number of carbonyl (C=O) groups excluding carboxylic acids is 1. The monoisotopic (exact) mass is 421 g/mol. The van der Waals surface area contributed by atoms with E-state index in [1.165, 1.54) is 14.2 Å². The van der Waals surface area contributed by atoms with Gasteiger partial charge in [0.2, 0.25) is 0 Å². The van der Waals surface area contributed by atoms with Gasteiger partial charge in [-0.05, 0) is 43.2 Å². The van der Waals surface area contributed by atoms with Crippen LogP contribution in [0.5, 0.6) is 17.2 Å². The lowest BCUT2D eigenvalue weighted by atomic mass is 10.1. The summed E-state index contributed by atoms with van der Waals surface area (Å²) in [4.78, 5) is 15.0. The molecule has 0 unspecified atom stereocenters. The van der Waals surface area contributed by atoms with Crippen LogP contribution in [0, 0.1) is 0 Å². The molecular weight excluding hydrogens is 394 g/mol. The lowest BCUT2D eigenvalue weighted by Crippen LogP contribution is -2.37. The lowest BCUT2D eigenvalue weighted by molar-refractivity contribution is 0.0671. The Morgan fingerprint density at radius 1 is 1.00 bits per heavy atom.